The van der Waals surface area contributed by atoms with Crippen LogP contribution >= 0.6 is 11.6 Å². The van der Waals surface area contributed by atoms with Crippen LogP contribution in [0.2, 0.25) is 5.02 Å². The van der Waals surface area contributed by atoms with E-state index in [1.54, 1.807) is 22.7 Å². The van der Waals surface area contributed by atoms with Crippen molar-refractivity contribution in [3.63, 3.8) is 0 Å². The van der Waals surface area contributed by atoms with Gasteiger partial charge in [-0.25, -0.2) is 4.98 Å². The predicted octanol–water partition coefficient (Wildman–Crippen LogP) is 2.14. The second-order valence-corrected chi connectivity index (χ2v) is 5.02. The van der Waals surface area contributed by atoms with E-state index in [1.807, 2.05) is 6.92 Å². The maximum atomic E-state index is 12.3. The third-order valence-electron chi connectivity index (χ3n) is 3.06. The maximum absolute atomic E-state index is 12.3. The molecule has 2 rings (SSSR count). The lowest BCUT2D eigenvalue weighted by Crippen LogP contribution is -2.27. The lowest BCUT2D eigenvalue weighted by molar-refractivity contribution is -0.137. The minimum atomic E-state index is -0.872. The molecule has 0 radical (unpaired) electrons. The Morgan fingerprint density at radius 2 is 2.24 bits per heavy atom. The number of nitrogens with one attached hydrogen (secondary N) is 1. The van der Waals surface area contributed by atoms with Gasteiger partial charge in [0.25, 0.3) is 5.91 Å². The fourth-order valence-electron chi connectivity index (χ4n) is 2.08. The zero-order valence-corrected chi connectivity index (χ0v) is 12.4. The number of carbonyl (C=O) groups excluding carboxylic acids is 1. The molecular weight excluding hydrogens is 294 g/mol. The van der Waals surface area contributed by atoms with Crippen molar-refractivity contribution in [1.82, 2.24) is 14.7 Å². The molecule has 112 valence electrons. The van der Waals surface area contributed by atoms with Crippen molar-refractivity contribution in [1.29, 1.82) is 0 Å². The summed E-state index contributed by atoms with van der Waals surface area (Å²) in [7, 11) is 0. The van der Waals surface area contributed by atoms with Crippen LogP contribution in [-0.4, -0.2) is 32.9 Å². The number of carboxylic acids is 1. The Labute approximate surface area is 126 Å². The Hall–Kier alpha value is -2.08. The van der Waals surface area contributed by atoms with E-state index >= 15 is 0 Å². The number of aryl methyl sites for hydroxylation is 1. The highest BCUT2D eigenvalue weighted by Gasteiger charge is 2.17. The van der Waals surface area contributed by atoms with Crippen LogP contribution in [0.15, 0.2) is 18.3 Å². The smallest absolute Gasteiger partial charge is 0.303 e. The third-order valence-corrected chi connectivity index (χ3v) is 3.30. The average Bonchev–Trinajstić information content (AvgIpc) is 2.80. The number of rotatable bonds is 6. The first kappa shape index (κ1) is 15.3. The quantitative estimate of drug-likeness (QED) is 0.801. The Morgan fingerprint density at radius 1 is 1.48 bits per heavy atom. The summed E-state index contributed by atoms with van der Waals surface area (Å²) in [4.78, 5) is 27.1. The van der Waals surface area contributed by atoms with E-state index in [-0.39, 0.29) is 12.3 Å². The van der Waals surface area contributed by atoms with Crippen LogP contribution in [0, 0.1) is 0 Å². The number of aliphatic carboxylic acids is 1. The number of fused-ring (bicyclic) bond motifs is 1. The van der Waals surface area contributed by atoms with Gasteiger partial charge in [-0.1, -0.05) is 18.5 Å². The molecule has 0 bridgehead atoms. The lowest BCUT2D eigenvalue weighted by atomic mass is 10.2. The molecule has 0 atom stereocenters. The van der Waals surface area contributed by atoms with Crippen LogP contribution in [-0.2, 0) is 11.2 Å². The minimum absolute atomic E-state index is 0.0314. The minimum Gasteiger partial charge on any atom is -0.481 e. The second-order valence-electron chi connectivity index (χ2n) is 4.59. The van der Waals surface area contributed by atoms with Crippen LogP contribution in [0.5, 0.6) is 0 Å². The van der Waals surface area contributed by atoms with Crippen molar-refractivity contribution in [2.24, 2.45) is 0 Å². The summed E-state index contributed by atoms with van der Waals surface area (Å²) in [6.45, 7) is 2.24. The molecule has 0 fully saturated rings. The predicted molar refractivity (Wildman–Crippen MR) is 78.8 cm³/mol. The number of nitrogens with zero attached hydrogens (tertiary/aromatic N) is 2. The zero-order valence-electron chi connectivity index (χ0n) is 11.6. The van der Waals surface area contributed by atoms with Crippen molar-refractivity contribution >= 4 is 29.1 Å². The van der Waals surface area contributed by atoms with Gasteiger partial charge in [0.05, 0.1) is 5.69 Å². The molecule has 0 saturated carbocycles. The molecule has 0 aromatic carbocycles. The summed E-state index contributed by atoms with van der Waals surface area (Å²) in [6, 6.07) is 3.39. The summed E-state index contributed by atoms with van der Waals surface area (Å²) in [5.74, 6) is -1.13. The Morgan fingerprint density at radius 3 is 2.90 bits per heavy atom. The Balaban J connectivity index is 2.19. The molecule has 0 spiro atoms. The van der Waals surface area contributed by atoms with Gasteiger partial charge in [0, 0.05) is 30.3 Å². The van der Waals surface area contributed by atoms with E-state index in [9.17, 15) is 9.59 Å². The molecular formula is C14H16ClN3O3. The second kappa shape index (κ2) is 6.58. The van der Waals surface area contributed by atoms with Gasteiger partial charge in [0.1, 0.15) is 11.3 Å². The number of carbonyl (C=O) groups is 2. The normalized spacial score (nSPS) is 10.8. The highest BCUT2D eigenvalue weighted by Crippen LogP contribution is 2.17. The van der Waals surface area contributed by atoms with E-state index in [4.69, 9.17) is 16.7 Å². The zero-order chi connectivity index (χ0) is 15.4. The van der Waals surface area contributed by atoms with E-state index in [1.165, 1.54) is 0 Å². The molecule has 1 amide bonds. The molecule has 0 unspecified atom stereocenters. The van der Waals surface area contributed by atoms with Crippen LogP contribution in [0.1, 0.15) is 35.9 Å². The molecule has 21 heavy (non-hydrogen) atoms. The van der Waals surface area contributed by atoms with E-state index in [0.29, 0.717) is 41.4 Å². The van der Waals surface area contributed by atoms with Gasteiger partial charge in [-0.3, -0.25) is 14.0 Å². The fourth-order valence-corrected chi connectivity index (χ4v) is 2.23. The summed E-state index contributed by atoms with van der Waals surface area (Å²) in [5.41, 5.74) is 1.78. The van der Waals surface area contributed by atoms with E-state index in [0.717, 1.165) is 0 Å². The molecule has 2 N–H and O–H groups in total. The molecule has 7 heteroatoms. The van der Waals surface area contributed by atoms with Gasteiger partial charge in [-0.15, -0.1) is 0 Å². The highest BCUT2D eigenvalue weighted by atomic mass is 35.5. The Kier molecular flexibility index (Phi) is 4.80. The molecule has 0 aliphatic rings. The molecule has 2 aromatic rings. The number of pyridine rings is 1. The van der Waals surface area contributed by atoms with E-state index in [2.05, 4.69) is 10.3 Å². The first-order valence-electron chi connectivity index (χ1n) is 6.69. The Bertz CT molecular complexity index is 681. The molecule has 0 aliphatic heterocycles. The number of hydrogen-bond donors (Lipinski definition) is 2. The van der Waals surface area contributed by atoms with Crippen molar-refractivity contribution < 1.29 is 14.7 Å². The third kappa shape index (κ3) is 3.52. The van der Waals surface area contributed by atoms with Gasteiger partial charge < -0.3 is 10.4 Å². The number of halogens is 1. The standard InChI is InChI=1S/C14H16ClN3O3/c1-2-10-13(14(21)16-6-3-4-12(19)20)18-7-5-9(15)8-11(18)17-10/h5,7-8H,2-4,6H2,1H3,(H,16,21)(H,19,20). The van der Waals surface area contributed by atoms with E-state index < -0.39 is 5.97 Å². The summed E-state index contributed by atoms with van der Waals surface area (Å²) in [5, 5.41) is 11.9. The number of amides is 1. The van der Waals surface area contributed by atoms with Crippen molar-refractivity contribution in [2.75, 3.05) is 6.54 Å². The van der Waals surface area contributed by atoms with Crippen LogP contribution in [0.4, 0.5) is 0 Å². The van der Waals surface area contributed by atoms with Crippen LogP contribution < -0.4 is 5.32 Å². The first-order chi connectivity index (χ1) is 10.0. The SMILES string of the molecule is CCc1nc2cc(Cl)ccn2c1C(=O)NCCCC(=O)O. The number of aromatic nitrogens is 2. The van der Waals surface area contributed by atoms with Crippen LogP contribution in [0.25, 0.3) is 5.65 Å². The summed E-state index contributed by atoms with van der Waals surface area (Å²) < 4.78 is 1.69. The van der Waals surface area contributed by atoms with Crippen molar-refractivity contribution in [2.45, 2.75) is 26.2 Å². The number of carboxylic acid groups (broad SMARTS) is 1. The van der Waals surface area contributed by atoms with Crippen molar-refractivity contribution in [3.8, 4) is 0 Å². The first-order valence-corrected chi connectivity index (χ1v) is 7.07. The van der Waals surface area contributed by atoms with Gasteiger partial charge in [0.2, 0.25) is 0 Å². The lowest BCUT2D eigenvalue weighted by Gasteiger charge is -2.06. The summed E-state index contributed by atoms with van der Waals surface area (Å²) >= 11 is 5.93. The number of imidazole rings is 1. The van der Waals surface area contributed by atoms with Crippen LogP contribution in [0.3, 0.4) is 0 Å². The van der Waals surface area contributed by atoms with Gasteiger partial charge >= 0.3 is 5.97 Å². The molecule has 0 saturated heterocycles. The molecule has 2 heterocycles. The molecule has 6 nitrogen and oxygen atoms in total. The topological polar surface area (TPSA) is 83.7 Å². The van der Waals surface area contributed by atoms with Gasteiger partial charge in [-0.2, -0.15) is 0 Å². The highest BCUT2D eigenvalue weighted by molar-refractivity contribution is 6.30. The van der Waals surface area contributed by atoms with Gasteiger partial charge in [0.15, 0.2) is 0 Å². The summed E-state index contributed by atoms with van der Waals surface area (Å²) in [6.07, 6.45) is 2.75. The fraction of sp³-hybridized carbons (Fsp3) is 0.357. The average molecular weight is 310 g/mol. The number of hydrogen-bond acceptors (Lipinski definition) is 3. The monoisotopic (exact) mass is 309 g/mol. The largest absolute Gasteiger partial charge is 0.481 e. The molecule has 2 aromatic heterocycles. The maximum Gasteiger partial charge on any atom is 0.303 e. The molecule has 0 aliphatic carbocycles. The van der Waals surface area contributed by atoms with Gasteiger partial charge in [-0.05, 0) is 18.9 Å². The van der Waals surface area contributed by atoms with Crippen molar-refractivity contribution in [3.05, 3.63) is 34.7 Å².